The second-order valence-electron chi connectivity index (χ2n) is 10.1. The number of nitrogens with one attached hydrogen (secondary N) is 1. The summed E-state index contributed by atoms with van der Waals surface area (Å²) in [5, 5.41) is 33.3. The van der Waals surface area contributed by atoms with Crippen LogP contribution in [0.15, 0.2) is 36.4 Å². The quantitative estimate of drug-likeness (QED) is 0.155. The number of methoxy groups -OCH3 is 1. The highest BCUT2D eigenvalue weighted by atomic mass is 127. The van der Waals surface area contributed by atoms with E-state index in [0.29, 0.717) is 32.6 Å². The van der Waals surface area contributed by atoms with Crippen LogP contribution in [0.2, 0.25) is 0 Å². The Kier molecular flexibility index (Phi) is 12.5. The third-order valence-corrected chi connectivity index (χ3v) is 8.17. The van der Waals surface area contributed by atoms with Gasteiger partial charge in [0.2, 0.25) is 11.8 Å². The fourth-order valence-corrected chi connectivity index (χ4v) is 6.21. The van der Waals surface area contributed by atoms with E-state index in [1.54, 1.807) is 24.3 Å². The molecule has 2 aliphatic carbocycles. The number of carbonyl (C=O) groups is 2. The van der Waals surface area contributed by atoms with Crippen molar-refractivity contribution in [2.45, 2.75) is 88.7 Å². The van der Waals surface area contributed by atoms with E-state index in [9.17, 15) is 24.9 Å². The van der Waals surface area contributed by atoms with Gasteiger partial charge in [0.25, 0.3) is 0 Å². The minimum atomic E-state index is -1.10. The normalized spacial score (nSPS) is 21.9. The molecule has 0 saturated heterocycles. The average Bonchev–Trinajstić information content (AvgIpc) is 3.22. The van der Waals surface area contributed by atoms with E-state index < -0.39 is 18.2 Å². The molecule has 216 valence electrons. The molecule has 0 spiro atoms. The first-order valence-electron chi connectivity index (χ1n) is 13.7. The number of halogens is 1. The molecule has 39 heavy (non-hydrogen) atoms. The summed E-state index contributed by atoms with van der Waals surface area (Å²) < 4.78 is 12.5. The Morgan fingerprint density at radius 1 is 1.21 bits per heavy atom. The van der Waals surface area contributed by atoms with E-state index in [2.05, 4.69) is 34.5 Å². The Labute approximate surface area is 244 Å². The van der Waals surface area contributed by atoms with Crippen molar-refractivity contribution in [3.8, 4) is 11.5 Å². The minimum absolute atomic E-state index is 0.0384. The van der Waals surface area contributed by atoms with E-state index in [1.165, 1.54) is 7.11 Å². The molecular weight excluding hydrogens is 615 g/mol. The standard InChI is InChI=1S/C29H41IN2O7/c1-3-4-11-26(35)32(21-9-7-5-6-8-10-21)23-16-20(29(37)31-12-13-33)17-24(27(23)36)39-28-22(30)14-19(18-34)15-25(28)38-2/h3,14-15,17,21,23-24,27,33-34,36H,1,4-13,16,18H2,2H3,(H,31,37)/t23-,24+,27+/m1/s1. The highest BCUT2D eigenvalue weighted by molar-refractivity contribution is 14.1. The number of carbonyl (C=O) groups excluding carboxylic acids is 2. The zero-order chi connectivity index (χ0) is 28.4. The molecule has 1 fully saturated rings. The van der Waals surface area contributed by atoms with Gasteiger partial charge in [-0.1, -0.05) is 31.8 Å². The summed E-state index contributed by atoms with van der Waals surface area (Å²) in [4.78, 5) is 28.5. The topological polar surface area (TPSA) is 129 Å². The predicted molar refractivity (Wildman–Crippen MR) is 156 cm³/mol. The average molecular weight is 657 g/mol. The molecule has 1 saturated carbocycles. The van der Waals surface area contributed by atoms with Crippen LogP contribution in [0.4, 0.5) is 0 Å². The number of rotatable bonds is 12. The molecule has 0 heterocycles. The first-order valence-corrected chi connectivity index (χ1v) is 14.8. The highest BCUT2D eigenvalue weighted by Crippen LogP contribution is 2.38. The van der Waals surface area contributed by atoms with E-state index in [4.69, 9.17) is 9.47 Å². The van der Waals surface area contributed by atoms with Gasteiger partial charge in [0, 0.05) is 31.0 Å². The Morgan fingerprint density at radius 3 is 2.54 bits per heavy atom. The number of hydrogen-bond acceptors (Lipinski definition) is 7. The molecule has 9 nitrogen and oxygen atoms in total. The second-order valence-corrected chi connectivity index (χ2v) is 11.2. The molecule has 0 aliphatic heterocycles. The van der Waals surface area contributed by atoms with Crippen molar-refractivity contribution >= 4 is 34.4 Å². The monoisotopic (exact) mass is 656 g/mol. The number of ether oxygens (including phenoxy) is 2. The maximum absolute atomic E-state index is 13.6. The van der Waals surface area contributed by atoms with Crippen LogP contribution in [-0.2, 0) is 16.2 Å². The van der Waals surface area contributed by atoms with E-state index in [-0.39, 0.29) is 50.5 Å². The van der Waals surface area contributed by atoms with Crippen LogP contribution in [0.5, 0.6) is 11.5 Å². The van der Waals surface area contributed by atoms with Crippen LogP contribution >= 0.6 is 22.6 Å². The van der Waals surface area contributed by atoms with Gasteiger partial charge >= 0.3 is 0 Å². The zero-order valence-electron chi connectivity index (χ0n) is 22.6. The van der Waals surface area contributed by atoms with Crippen LogP contribution in [0, 0.1) is 3.57 Å². The number of hydrogen-bond donors (Lipinski definition) is 4. The molecule has 0 bridgehead atoms. The smallest absolute Gasteiger partial charge is 0.247 e. The summed E-state index contributed by atoms with van der Waals surface area (Å²) in [5.74, 6) is 0.334. The Balaban J connectivity index is 2.02. The number of amides is 2. The van der Waals surface area contributed by atoms with Gasteiger partial charge in [-0.15, -0.1) is 6.58 Å². The van der Waals surface area contributed by atoms with Crippen molar-refractivity contribution in [1.82, 2.24) is 10.2 Å². The van der Waals surface area contributed by atoms with Crippen molar-refractivity contribution in [1.29, 1.82) is 0 Å². The highest BCUT2D eigenvalue weighted by Gasteiger charge is 2.43. The summed E-state index contributed by atoms with van der Waals surface area (Å²) in [6.45, 7) is 3.48. The SMILES string of the molecule is C=CCCC(=O)N(C1CCCCCC1)[C@@H]1CC(C(=O)NCCO)=C[C@H](Oc2c(I)cc(CO)cc2OC)[C@H]1O. The summed E-state index contributed by atoms with van der Waals surface area (Å²) >= 11 is 2.08. The molecule has 1 aromatic carbocycles. The summed E-state index contributed by atoms with van der Waals surface area (Å²) in [6, 6.07) is 2.72. The fraction of sp³-hybridized carbons (Fsp3) is 0.586. The summed E-state index contributed by atoms with van der Waals surface area (Å²) in [7, 11) is 1.50. The molecule has 4 N–H and O–H groups in total. The number of allylic oxidation sites excluding steroid dienone is 1. The lowest BCUT2D eigenvalue weighted by molar-refractivity contribution is -0.142. The summed E-state index contributed by atoms with van der Waals surface area (Å²) in [5.41, 5.74) is 1.04. The molecular formula is C29H41IN2O7. The van der Waals surface area contributed by atoms with Gasteiger partial charge < -0.3 is 35.0 Å². The molecule has 0 unspecified atom stereocenters. The van der Waals surface area contributed by atoms with Gasteiger partial charge in [-0.2, -0.15) is 0 Å². The first-order chi connectivity index (χ1) is 18.8. The number of aliphatic hydroxyl groups excluding tert-OH is 3. The van der Waals surface area contributed by atoms with Crippen LogP contribution in [0.25, 0.3) is 0 Å². The second kappa shape index (κ2) is 15.6. The lowest BCUT2D eigenvalue weighted by atomic mass is 9.86. The molecule has 3 rings (SSSR count). The van der Waals surface area contributed by atoms with Crippen molar-refractivity contribution in [3.63, 3.8) is 0 Å². The van der Waals surface area contributed by atoms with E-state index in [1.807, 2.05) is 4.90 Å². The van der Waals surface area contributed by atoms with Gasteiger partial charge in [0.15, 0.2) is 11.5 Å². The van der Waals surface area contributed by atoms with Crippen molar-refractivity contribution < 1.29 is 34.4 Å². The largest absolute Gasteiger partial charge is 0.493 e. The van der Waals surface area contributed by atoms with Crippen LogP contribution in [-0.4, -0.2) is 76.6 Å². The Morgan fingerprint density at radius 2 is 1.92 bits per heavy atom. The molecule has 0 radical (unpaired) electrons. The number of aliphatic hydroxyl groups is 3. The summed E-state index contributed by atoms with van der Waals surface area (Å²) in [6.07, 6.45) is 8.17. The fourth-order valence-electron chi connectivity index (χ4n) is 5.41. The first kappa shape index (κ1) is 31.4. The molecule has 10 heteroatoms. The van der Waals surface area contributed by atoms with Crippen LogP contribution < -0.4 is 14.8 Å². The van der Waals surface area contributed by atoms with Gasteiger partial charge in [-0.3, -0.25) is 9.59 Å². The van der Waals surface area contributed by atoms with Crippen LogP contribution in [0.3, 0.4) is 0 Å². The zero-order valence-corrected chi connectivity index (χ0v) is 24.8. The molecule has 2 amide bonds. The third-order valence-electron chi connectivity index (χ3n) is 7.37. The third kappa shape index (κ3) is 8.18. The molecule has 3 atom stereocenters. The van der Waals surface area contributed by atoms with Crippen LogP contribution in [0.1, 0.15) is 63.4 Å². The van der Waals surface area contributed by atoms with E-state index in [0.717, 1.165) is 38.5 Å². The maximum atomic E-state index is 13.6. The van der Waals surface area contributed by atoms with Crippen molar-refractivity contribution in [3.05, 3.63) is 45.6 Å². The molecule has 1 aromatic rings. The predicted octanol–water partition coefficient (Wildman–Crippen LogP) is 3.23. The lowest BCUT2D eigenvalue weighted by Gasteiger charge is -2.44. The van der Waals surface area contributed by atoms with E-state index >= 15 is 0 Å². The molecule has 2 aliphatic rings. The minimum Gasteiger partial charge on any atom is -0.493 e. The van der Waals surface area contributed by atoms with Gasteiger partial charge in [-0.05, 0) is 65.6 Å². The lowest BCUT2D eigenvalue weighted by Crippen LogP contribution is -2.58. The van der Waals surface area contributed by atoms with Gasteiger partial charge in [-0.25, -0.2) is 0 Å². The van der Waals surface area contributed by atoms with Crippen molar-refractivity contribution in [2.75, 3.05) is 20.3 Å². The Bertz CT molecular complexity index is 1020. The van der Waals surface area contributed by atoms with Gasteiger partial charge in [0.05, 0.1) is 29.9 Å². The van der Waals surface area contributed by atoms with Gasteiger partial charge in [0.1, 0.15) is 12.2 Å². The Hall–Kier alpha value is -2.15. The van der Waals surface area contributed by atoms with Crippen molar-refractivity contribution in [2.24, 2.45) is 0 Å². The molecule has 0 aromatic heterocycles. The maximum Gasteiger partial charge on any atom is 0.247 e. The number of nitrogens with zero attached hydrogens (tertiary/aromatic N) is 1. The number of benzene rings is 1.